The Morgan fingerprint density at radius 2 is 2.15 bits per heavy atom. The van der Waals surface area contributed by atoms with Crippen LogP contribution in [0.5, 0.6) is 5.75 Å². The van der Waals surface area contributed by atoms with Crippen molar-refractivity contribution < 1.29 is 19.2 Å². The normalized spacial score (nSPS) is 20.9. The molecule has 1 saturated heterocycles. The van der Waals surface area contributed by atoms with Crippen molar-refractivity contribution in [3.8, 4) is 5.75 Å². The molecule has 0 amide bonds. The Morgan fingerprint density at radius 3 is 2.80 bits per heavy atom. The highest BCUT2D eigenvalue weighted by Crippen LogP contribution is 2.28. The minimum absolute atomic E-state index is 0. The van der Waals surface area contributed by atoms with Gasteiger partial charge in [0.05, 0.1) is 12.0 Å². The van der Waals surface area contributed by atoms with Crippen LogP contribution in [0.4, 0.5) is 5.69 Å². The number of carbonyl (C=O) groups excluding carboxylic acids is 1. The lowest BCUT2D eigenvalue weighted by atomic mass is 10.2. The predicted octanol–water partition coefficient (Wildman–Crippen LogP) is 1.30. The number of esters is 1. The number of nitrogens with zero attached hydrogens (tertiary/aromatic N) is 1. The lowest BCUT2D eigenvalue weighted by molar-refractivity contribution is -0.386. The largest absolute Gasteiger partial charge is 0.482 e. The van der Waals surface area contributed by atoms with E-state index in [2.05, 4.69) is 10.1 Å². The van der Waals surface area contributed by atoms with E-state index < -0.39 is 11.0 Å². The summed E-state index contributed by atoms with van der Waals surface area (Å²) < 4.78 is 10.2. The minimum Gasteiger partial charge on any atom is -0.482 e. The van der Waals surface area contributed by atoms with Crippen molar-refractivity contribution in [1.82, 2.24) is 5.32 Å². The molecule has 2 unspecified atom stereocenters. The Kier molecular flexibility index (Phi) is 5.72. The third-order valence-electron chi connectivity index (χ3n) is 2.93. The monoisotopic (exact) mass is 302 g/mol. The van der Waals surface area contributed by atoms with Crippen molar-refractivity contribution >= 4 is 24.1 Å². The van der Waals surface area contributed by atoms with Gasteiger partial charge in [-0.1, -0.05) is 12.1 Å². The molecule has 8 heteroatoms. The Labute approximate surface area is 121 Å². The number of para-hydroxylation sites is 2. The molecule has 1 heterocycles. The van der Waals surface area contributed by atoms with Crippen LogP contribution in [-0.4, -0.2) is 36.7 Å². The number of methoxy groups -OCH3 is 1. The number of rotatable bonds is 4. The van der Waals surface area contributed by atoms with E-state index in [0.29, 0.717) is 13.0 Å². The molecule has 0 bridgehead atoms. The Balaban J connectivity index is 0.00000200. The second-order valence-corrected chi connectivity index (χ2v) is 4.18. The van der Waals surface area contributed by atoms with Crippen molar-refractivity contribution in [2.75, 3.05) is 13.7 Å². The summed E-state index contributed by atoms with van der Waals surface area (Å²) in [6, 6.07) is 5.76. The molecule has 1 N–H and O–H groups in total. The third-order valence-corrected chi connectivity index (χ3v) is 2.93. The number of carbonyl (C=O) groups is 1. The molecule has 7 nitrogen and oxygen atoms in total. The maximum atomic E-state index is 11.3. The lowest BCUT2D eigenvalue weighted by Gasteiger charge is -2.12. The molecule has 1 aliphatic heterocycles. The summed E-state index contributed by atoms with van der Waals surface area (Å²) in [6.45, 7) is 0.450. The third kappa shape index (κ3) is 3.58. The molecule has 20 heavy (non-hydrogen) atoms. The van der Waals surface area contributed by atoms with Crippen LogP contribution in [0.15, 0.2) is 24.3 Å². The van der Waals surface area contributed by atoms with Gasteiger partial charge in [0.15, 0.2) is 5.75 Å². The molecular formula is C12H15ClN2O5. The summed E-state index contributed by atoms with van der Waals surface area (Å²) in [5, 5.41) is 13.8. The Hall–Kier alpha value is -1.86. The van der Waals surface area contributed by atoms with E-state index in [-0.39, 0.29) is 35.9 Å². The molecular weight excluding hydrogens is 288 g/mol. The molecule has 1 aromatic rings. The maximum absolute atomic E-state index is 11.3. The van der Waals surface area contributed by atoms with Gasteiger partial charge in [-0.05, 0) is 6.07 Å². The van der Waals surface area contributed by atoms with Gasteiger partial charge >= 0.3 is 11.7 Å². The summed E-state index contributed by atoms with van der Waals surface area (Å²) in [6.07, 6.45) is 0.142. The van der Waals surface area contributed by atoms with Crippen LogP contribution in [-0.2, 0) is 9.53 Å². The number of nitro groups is 1. The van der Waals surface area contributed by atoms with Gasteiger partial charge in [-0.2, -0.15) is 0 Å². The standard InChI is InChI=1S/C12H14N2O5.ClH/c1-18-12(15)9-6-8(7-13-9)19-11-5-3-2-4-10(11)14(16)17;/h2-5,8-9,13H,6-7H2,1H3;1H. The molecule has 2 rings (SSSR count). The number of hydrogen-bond acceptors (Lipinski definition) is 6. The van der Waals surface area contributed by atoms with Crippen molar-refractivity contribution in [1.29, 1.82) is 0 Å². The number of benzene rings is 1. The van der Waals surface area contributed by atoms with Crippen molar-refractivity contribution in [2.45, 2.75) is 18.6 Å². The number of nitro benzene ring substituents is 1. The average Bonchev–Trinajstić information content (AvgIpc) is 2.86. The molecule has 0 aliphatic carbocycles. The van der Waals surface area contributed by atoms with E-state index >= 15 is 0 Å². The second-order valence-electron chi connectivity index (χ2n) is 4.18. The molecule has 0 aromatic heterocycles. The number of hydrogen-bond donors (Lipinski definition) is 1. The molecule has 1 aliphatic rings. The van der Waals surface area contributed by atoms with Crippen LogP contribution in [0.1, 0.15) is 6.42 Å². The van der Waals surface area contributed by atoms with Gasteiger partial charge < -0.3 is 14.8 Å². The SMILES string of the molecule is COC(=O)C1CC(Oc2ccccc2[N+](=O)[O-])CN1.Cl. The first-order valence-corrected chi connectivity index (χ1v) is 5.83. The topological polar surface area (TPSA) is 90.7 Å². The first-order valence-electron chi connectivity index (χ1n) is 5.83. The lowest BCUT2D eigenvalue weighted by Crippen LogP contribution is -2.31. The highest BCUT2D eigenvalue weighted by Gasteiger charge is 2.32. The Morgan fingerprint density at radius 1 is 1.45 bits per heavy atom. The van der Waals surface area contributed by atoms with Crippen molar-refractivity contribution in [3.05, 3.63) is 34.4 Å². The summed E-state index contributed by atoms with van der Waals surface area (Å²) >= 11 is 0. The van der Waals surface area contributed by atoms with Crippen LogP contribution in [0.2, 0.25) is 0 Å². The maximum Gasteiger partial charge on any atom is 0.323 e. The van der Waals surface area contributed by atoms with Crippen LogP contribution in [0.3, 0.4) is 0 Å². The zero-order valence-electron chi connectivity index (χ0n) is 10.8. The molecule has 0 saturated carbocycles. The minimum atomic E-state index is -0.491. The van der Waals surface area contributed by atoms with Gasteiger partial charge in [-0.3, -0.25) is 14.9 Å². The molecule has 1 aromatic carbocycles. The van der Waals surface area contributed by atoms with Crippen LogP contribution in [0.25, 0.3) is 0 Å². The van der Waals surface area contributed by atoms with E-state index in [9.17, 15) is 14.9 Å². The van der Waals surface area contributed by atoms with Gasteiger partial charge in [0.1, 0.15) is 12.1 Å². The Bertz CT molecular complexity index is 496. The second kappa shape index (κ2) is 7.06. The van der Waals surface area contributed by atoms with Crippen LogP contribution < -0.4 is 10.1 Å². The van der Waals surface area contributed by atoms with Gasteiger partial charge in [0.25, 0.3) is 0 Å². The molecule has 1 fully saturated rings. The van der Waals surface area contributed by atoms with Crippen LogP contribution >= 0.6 is 12.4 Å². The number of ether oxygens (including phenoxy) is 2. The summed E-state index contributed by atoms with van der Waals surface area (Å²) in [4.78, 5) is 21.7. The number of nitrogens with one attached hydrogen (secondary N) is 1. The zero-order chi connectivity index (χ0) is 13.8. The van der Waals surface area contributed by atoms with Crippen molar-refractivity contribution in [3.63, 3.8) is 0 Å². The smallest absolute Gasteiger partial charge is 0.323 e. The molecule has 0 spiro atoms. The fraction of sp³-hybridized carbons (Fsp3) is 0.417. The van der Waals surface area contributed by atoms with Crippen molar-refractivity contribution in [2.24, 2.45) is 0 Å². The van der Waals surface area contributed by atoms with E-state index in [1.54, 1.807) is 18.2 Å². The fourth-order valence-electron chi connectivity index (χ4n) is 2.00. The van der Waals surface area contributed by atoms with Gasteiger partial charge in [-0.25, -0.2) is 0 Å². The van der Waals surface area contributed by atoms with Gasteiger partial charge in [0.2, 0.25) is 0 Å². The molecule has 2 atom stereocenters. The predicted molar refractivity (Wildman–Crippen MR) is 73.2 cm³/mol. The van der Waals surface area contributed by atoms with Gasteiger partial charge in [-0.15, -0.1) is 12.4 Å². The van der Waals surface area contributed by atoms with Gasteiger partial charge in [0, 0.05) is 19.0 Å². The van der Waals surface area contributed by atoms with Crippen LogP contribution in [0, 0.1) is 10.1 Å². The molecule has 110 valence electrons. The fourth-order valence-corrected chi connectivity index (χ4v) is 2.00. The highest BCUT2D eigenvalue weighted by atomic mass is 35.5. The molecule has 0 radical (unpaired) electrons. The van der Waals surface area contributed by atoms with E-state index in [1.807, 2.05) is 0 Å². The number of halogens is 1. The first kappa shape index (κ1) is 16.2. The summed E-state index contributed by atoms with van der Waals surface area (Å²) in [5.41, 5.74) is -0.0796. The van der Waals surface area contributed by atoms with E-state index in [4.69, 9.17) is 4.74 Å². The summed E-state index contributed by atoms with van der Waals surface area (Å²) in [5.74, 6) is -0.140. The van der Waals surface area contributed by atoms with E-state index in [1.165, 1.54) is 13.2 Å². The average molecular weight is 303 g/mol. The zero-order valence-corrected chi connectivity index (χ0v) is 11.6. The first-order chi connectivity index (χ1) is 9.11. The quantitative estimate of drug-likeness (QED) is 0.512. The van der Waals surface area contributed by atoms with E-state index in [0.717, 1.165) is 0 Å². The highest BCUT2D eigenvalue weighted by molar-refractivity contribution is 5.85. The summed E-state index contributed by atoms with van der Waals surface area (Å²) in [7, 11) is 1.32.